The third kappa shape index (κ3) is 1.58. The van der Waals surface area contributed by atoms with Gasteiger partial charge < -0.3 is 9.84 Å². The summed E-state index contributed by atoms with van der Waals surface area (Å²) in [6.45, 7) is 6.89. The lowest BCUT2D eigenvalue weighted by atomic mass is 9.42. The van der Waals surface area contributed by atoms with E-state index in [4.69, 9.17) is 4.74 Å². The lowest BCUT2D eigenvalue weighted by Gasteiger charge is -2.69. The summed E-state index contributed by atoms with van der Waals surface area (Å²) < 4.78 is 5.28. The molecule has 2 saturated heterocycles. The van der Waals surface area contributed by atoms with Crippen molar-refractivity contribution in [2.75, 3.05) is 20.2 Å². The number of aliphatic hydroxyl groups is 1. The fourth-order valence-electron chi connectivity index (χ4n) is 9.42. The molecule has 6 aliphatic rings. The second kappa shape index (κ2) is 4.99. The number of nitrogens with zero attached hydrogens (tertiary/aromatic N) is 1. The Morgan fingerprint density at radius 3 is 2.78 bits per heavy atom. The highest BCUT2D eigenvalue weighted by molar-refractivity contribution is 5.75. The van der Waals surface area contributed by atoms with E-state index in [9.17, 15) is 9.90 Å². The van der Waals surface area contributed by atoms with Crippen LogP contribution in [0.1, 0.15) is 58.8 Å². The van der Waals surface area contributed by atoms with E-state index in [2.05, 4.69) is 18.7 Å². The molecule has 0 radical (unpaired) electrons. The van der Waals surface area contributed by atoms with Gasteiger partial charge in [-0.3, -0.25) is 9.69 Å². The second-order valence-electron chi connectivity index (χ2n) is 10.8. The molecule has 1 spiro atoms. The minimum Gasteiger partial charge on any atom is -0.469 e. The maximum atomic E-state index is 12.8. The van der Waals surface area contributed by atoms with Gasteiger partial charge in [-0.2, -0.15) is 0 Å². The summed E-state index contributed by atoms with van der Waals surface area (Å²) in [5.41, 5.74) is 2.26. The first-order chi connectivity index (χ1) is 12.9. The summed E-state index contributed by atoms with van der Waals surface area (Å²) in [6, 6.07) is 0. The molecule has 1 N–H and O–H groups in total. The summed E-state index contributed by atoms with van der Waals surface area (Å²) in [5, 5.41) is 12.6. The largest absolute Gasteiger partial charge is 0.469 e. The summed E-state index contributed by atoms with van der Waals surface area (Å²) >= 11 is 0. The van der Waals surface area contributed by atoms with Crippen LogP contribution in [-0.4, -0.2) is 41.9 Å². The average Bonchev–Trinajstić information content (AvgIpc) is 3.26. The topological polar surface area (TPSA) is 49.8 Å². The number of ether oxygens (including phenoxy) is 1. The minimum absolute atomic E-state index is 0.0426. The number of carbonyl (C=O) groups is 1. The molecule has 2 saturated carbocycles. The molecule has 0 amide bonds. The highest BCUT2D eigenvalue weighted by atomic mass is 16.5. The number of rotatable bonds is 1. The molecule has 0 unspecified atom stereocenters. The number of hydrogen-bond donors (Lipinski definition) is 1. The fraction of sp³-hybridized carbons (Fsp3) is 0.870. The number of methoxy groups -OCH3 is 1. The van der Waals surface area contributed by atoms with Gasteiger partial charge in [0.25, 0.3) is 0 Å². The van der Waals surface area contributed by atoms with E-state index in [0.717, 1.165) is 38.8 Å². The van der Waals surface area contributed by atoms with Crippen LogP contribution in [-0.2, 0) is 9.53 Å². The Labute approximate surface area is 162 Å². The Morgan fingerprint density at radius 2 is 2.00 bits per heavy atom. The highest BCUT2D eigenvalue weighted by Crippen LogP contribution is 2.79. The van der Waals surface area contributed by atoms with Gasteiger partial charge >= 0.3 is 5.97 Å². The van der Waals surface area contributed by atoms with Gasteiger partial charge in [0.15, 0.2) is 0 Å². The predicted molar refractivity (Wildman–Crippen MR) is 102 cm³/mol. The quantitative estimate of drug-likeness (QED) is 0.567. The van der Waals surface area contributed by atoms with Gasteiger partial charge in [0, 0.05) is 24.4 Å². The Morgan fingerprint density at radius 1 is 1.22 bits per heavy atom. The van der Waals surface area contributed by atoms with Gasteiger partial charge in [-0.1, -0.05) is 25.0 Å². The Balaban J connectivity index is 1.65. The molecular formula is C23H33NO3. The third-order valence-electron chi connectivity index (χ3n) is 10.4. The van der Waals surface area contributed by atoms with Crippen LogP contribution in [0.5, 0.6) is 0 Å². The summed E-state index contributed by atoms with van der Waals surface area (Å²) in [7, 11) is 1.54. The first-order valence-corrected chi connectivity index (χ1v) is 11.2. The van der Waals surface area contributed by atoms with Crippen molar-refractivity contribution in [1.29, 1.82) is 0 Å². The van der Waals surface area contributed by atoms with E-state index < -0.39 is 5.72 Å². The third-order valence-corrected chi connectivity index (χ3v) is 10.4. The second-order valence-corrected chi connectivity index (χ2v) is 10.8. The minimum atomic E-state index is -0.758. The van der Waals surface area contributed by atoms with Crippen LogP contribution < -0.4 is 0 Å². The molecular weight excluding hydrogens is 338 g/mol. The van der Waals surface area contributed by atoms with Gasteiger partial charge in [-0.05, 0) is 68.1 Å². The van der Waals surface area contributed by atoms with E-state index in [0.29, 0.717) is 23.7 Å². The van der Waals surface area contributed by atoms with E-state index in [1.807, 2.05) is 0 Å². The van der Waals surface area contributed by atoms with Crippen LogP contribution >= 0.6 is 0 Å². The number of piperidine rings is 1. The van der Waals surface area contributed by atoms with Crippen LogP contribution in [0.15, 0.2) is 11.1 Å². The molecule has 0 aromatic rings. The van der Waals surface area contributed by atoms with E-state index >= 15 is 0 Å². The number of allylic oxidation sites excluding steroid dienone is 1. The summed E-state index contributed by atoms with van der Waals surface area (Å²) in [6.07, 6.45) is 7.83. The Hall–Kier alpha value is -0.870. The molecule has 4 bridgehead atoms. The highest BCUT2D eigenvalue weighted by Gasteiger charge is 2.80. The molecule has 148 valence electrons. The Kier molecular flexibility index (Phi) is 3.15. The van der Waals surface area contributed by atoms with Gasteiger partial charge in [-0.25, -0.2) is 0 Å². The standard InChI is InChI=1S/C23H33NO3/c1-13-11-24-12-15-6-4-14-5-7-16-17(20(25)27-3)10-22(19(14)16)21(15,2)9-8-18(13)23(22,24)26/h13,15-18,26H,4-12H2,1-3H3/t13-,15-,16-,17-,18-,21+,22-,23+/m1/s1. The number of carbonyl (C=O) groups excluding carboxylic acids is 1. The maximum absolute atomic E-state index is 12.8. The van der Waals surface area contributed by atoms with Crippen LogP contribution in [0.3, 0.4) is 0 Å². The van der Waals surface area contributed by atoms with Crippen LogP contribution in [0.4, 0.5) is 0 Å². The average molecular weight is 372 g/mol. The SMILES string of the molecule is COC(=O)[C@@H]1C[C@@]23C4=C(CC[C@@H]5CN6C[C@@H](C)[C@@H](CC[C@@]52C)[C@@]63O)CC[C@@H]41. The van der Waals surface area contributed by atoms with Crippen molar-refractivity contribution in [3.8, 4) is 0 Å². The van der Waals surface area contributed by atoms with E-state index in [-0.39, 0.29) is 22.7 Å². The van der Waals surface area contributed by atoms with Crippen molar-refractivity contribution in [3.05, 3.63) is 11.1 Å². The molecule has 2 aliphatic heterocycles. The molecule has 4 nitrogen and oxygen atoms in total. The monoisotopic (exact) mass is 371 g/mol. The summed E-state index contributed by atoms with van der Waals surface area (Å²) in [4.78, 5) is 15.3. The van der Waals surface area contributed by atoms with Crippen molar-refractivity contribution in [2.45, 2.75) is 64.5 Å². The lowest BCUT2D eigenvalue weighted by Crippen LogP contribution is -2.74. The molecule has 8 atom stereocenters. The number of hydrogen-bond acceptors (Lipinski definition) is 4. The van der Waals surface area contributed by atoms with Gasteiger partial charge in [-0.15, -0.1) is 0 Å². The van der Waals surface area contributed by atoms with Gasteiger partial charge in [0.05, 0.1) is 13.0 Å². The van der Waals surface area contributed by atoms with Crippen molar-refractivity contribution in [3.63, 3.8) is 0 Å². The van der Waals surface area contributed by atoms with Crippen LogP contribution in [0, 0.1) is 40.4 Å². The molecule has 0 aromatic heterocycles. The van der Waals surface area contributed by atoms with E-state index in [1.54, 1.807) is 5.57 Å². The smallest absolute Gasteiger partial charge is 0.309 e. The van der Waals surface area contributed by atoms with Crippen molar-refractivity contribution in [1.82, 2.24) is 4.90 Å². The molecule has 2 heterocycles. The zero-order valence-electron chi connectivity index (χ0n) is 17.0. The number of esters is 1. The van der Waals surface area contributed by atoms with Crippen molar-refractivity contribution in [2.24, 2.45) is 40.4 Å². The fourth-order valence-corrected chi connectivity index (χ4v) is 9.42. The molecule has 6 rings (SSSR count). The summed E-state index contributed by atoms with van der Waals surface area (Å²) in [5.74, 6) is 1.72. The Bertz CT molecular complexity index is 761. The van der Waals surface area contributed by atoms with Crippen molar-refractivity contribution < 1.29 is 14.6 Å². The zero-order chi connectivity index (χ0) is 18.8. The maximum Gasteiger partial charge on any atom is 0.309 e. The molecule has 27 heavy (non-hydrogen) atoms. The van der Waals surface area contributed by atoms with Crippen LogP contribution in [0.2, 0.25) is 0 Å². The molecule has 4 fully saturated rings. The zero-order valence-corrected chi connectivity index (χ0v) is 17.0. The molecule has 4 aliphatic carbocycles. The predicted octanol–water partition coefficient (Wildman–Crippen LogP) is 3.35. The van der Waals surface area contributed by atoms with Gasteiger partial charge in [0.2, 0.25) is 0 Å². The van der Waals surface area contributed by atoms with E-state index in [1.165, 1.54) is 31.9 Å². The molecule has 0 aromatic carbocycles. The molecule has 4 heteroatoms. The lowest BCUT2D eigenvalue weighted by molar-refractivity contribution is -0.294. The van der Waals surface area contributed by atoms with Gasteiger partial charge in [0.1, 0.15) is 5.72 Å². The van der Waals surface area contributed by atoms with Crippen LogP contribution in [0.25, 0.3) is 0 Å². The normalized spacial score (nSPS) is 55.5. The first-order valence-electron chi connectivity index (χ1n) is 11.2. The van der Waals surface area contributed by atoms with Crippen molar-refractivity contribution >= 4 is 5.97 Å². The first kappa shape index (κ1) is 17.0.